The van der Waals surface area contributed by atoms with Crippen LogP contribution in [0.2, 0.25) is 0 Å². The zero-order chi connectivity index (χ0) is 13.9. The van der Waals surface area contributed by atoms with Crippen molar-refractivity contribution in [1.29, 1.82) is 0 Å². The number of carbonyl (C=O) groups excluding carboxylic acids is 1. The average molecular weight is 287 g/mol. The molecule has 0 saturated carbocycles. The Balaban J connectivity index is 1.69. The van der Waals surface area contributed by atoms with Crippen molar-refractivity contribution in [3.63, 3.8) is 0 Å². The van der Waals surface area contributed by atoms with Gasteiger partial charge in [0.05, 0.1) is 23.2 Å². The molecular formula is C15H17N3OS. The summed E-state index contributed by atoms with van der Waals surface area (Å²) in [5.74, 6) is 0.0248. The standard InChI is InChI=1S/C15H17N3OS/c1-10-18-11(9-20-10)8-17-15(19)13-6-7-16-14-5-3-2-4-12(13)14/h2-5,9,13,16H,6-8H2,1H3,(H,17,19). The number of aryl methyl sites for hydroxylation is 1. The van der Waals surface area contributed by atoms with E-state index in [-0.39, 0.29) is 11.8 Å². The largest absolute Gasteiger partial charge is 0.385 e. The van der Waals surface area contributed by atoms with Gasteiger partial charge in [0, 0.05) is 17.6 Å². The lowest BCUT2D eigenvalue weighted by molar-refractivity contribution is -0.122. The van der Waals surface area contributed by atoms with Gasteiger partial charge in [-0.2, -0.15) is 0 Å². The zero-order valence-corrected chi connectivity index (χ0v) is 12.2. The van der Waals surface area contributed by atoms with Gasteiger partial charge in [-0.25, -0.2) is 4.98 Å². The number of amides is 1. The number of hydrogen-bond acceptors (Lipinski definition) is 4. The van der Waals surface area contributed by atoms with Crippen LogP contribution in [0.4, 0.5) is 5.69 Å². The SMILES string of the molecule is Cc1nc(CNC(=O)C2CCNc3ccccc32)cs1. The van der Waals surface area contributed by atoms with Gasteiger partial charge >= 0.3 is 0 Å². The molecule has 2 aromatic rings. The second kappa shape index (κ2) is 5.63. The molecule has 1 atom stereocenters. The van der Waals surface area contributed by atoms with Crippen LogP contribution in [-0.2, 0) is 11.3 Å². The van der Waals surface area contributed by atoms with E-state index in [0.29, 0.717) is 6.54 Å². The van der Waals surface area contributed by atoms with Gasteiger partial charge in [-0.15, -0.1) is 11.3 Å². The van der Waals surface area contributed by atoms with Crippen molar-refractivity contribution in [2.75, 3.05) is 11.9 Å². The van der Waals surface area contributed by atoms with Gasteiger partial charge in [-0.1, -0.05) is 18.2 Å². The molecule has 0 spiro atoms. The predicted molar refractivity (Wildman–Crippen MR) is 81.0 cm³/mol. The Hall–Kier alpha value is -1.88. The van der Waals surface area contributed by atoms with Gasteiger partial charge < -0.3 is 10.6 Å². The van der Waals surface area contributed by atoms with Crippen LogP contribution in [0.1, 0.15) is 28.6 Å². The molecule has 1 aromatic carbocycles. The summed E-state index contributed by atoms with van der Waals surface area (Å²) in [6.07, 6.45) is 0.832. The van der Waals surface area contributed by atoms with E-state index in [1.807, 2.05) is 36.6 Å². The molecular weight excluding hydrogens is 270 g/mol. The van der Waals surface area contributed by atoms with Crippen molar-refractivity contribution in [2.45, 2.75) is 25.8 Å². The van der Waals surface area contributed by atoms with Gasteiger partial charge in [-0.3, -0.25) is 4.79 Å². The minimum atomic E-state index is -0.0628. The number of para-hydroxylation sites is 1. The number of nitrogens with zero attached hydrogens (tertiary/aromatic N) is 1. The average Bonchev–Trinajstić information content (AvgIpc) is 2.90. The van der Waals surface area contributed by atoms with E-state index in [1.54, 1.807) is 11.3 Å². The number of aromatic nitrogens is 1. The van der Waals surface area contributed by atoms with E-state index >= 15 is 0 Å². The molecule has 0 radical (unpaired) electrons. The summed E-state index contributed by atoms with van der Waals surface area (Å²) in [4.78, 5) is 16.7. The summed E-state index contributed by atoms with van der Waals surface area (Å²) in [5.41, 5.74) is 3.09. The Morgan fingerprint density at radius 2 is 2.35 bits per heavy atom. The fourth-order valence-electron chi connectivity index (χ4n) is 2.53. The first-order valence-electron chi connectivity index (χ1n) is 6.75. The second-order valence-electron chi connectivity index (χ2n) is 4.93. The van der Waals surface area contributed by atoms with Crippen LogP contribution in [0.25, 0.3) is 0 Å². The quantitative estimate of drug-likeness (QED) is 0.912. The van der Waals surface area contributed by atoms with Crippen LogP contribution in [0.3, 0.4) is 0 Å². The lowest BCUT2D eigenvalue weighted by Crippen LogP contribution is -2.32. The summed E-state index contributed by atoms with van der Waals surface area (Å²) in [6.45, 7) is 3.32. The van der Waals surface area contributed by atoms with E-state index in [0.717, 1.165) is 34.9 Å². The van der Waals surface area contributed by atoms with E-state index in [4.69, 9.17) is 0 Å². The molecule has 0 fully saturated rings. The summed E-state index contributed by atoms with van der Waals surface area (Å²) in [7, 11) is 0. The van der Waals surface area contributed by atoms with Crippen molar-refractivity contribution in [1.82, 2.24) is 10.3 Å². The van der Waals surface area contributed by atoms with Gasteiger partial charge in [0.15, 0.2) is 0 Å². The van der Waals surface area contributed by atoms with Gasteiger partial charge in [0.2, 0.25) is 5.91 Å². The minimum Gasteiger partial charge on any atom is -0.385 e. The first-order valence-corrected chi connectivity index (χ1v) is 7.63. The number of anilines is 1. The van der Waals surface area contributed by atoms with Crippen molar-refractivity contribution < 1.29 is 4.79 Å². The molecule has 2 N–H and O–H groups in total. The number of rotatable bonds is 3. The fourth-order valence-corrected chi connectivity index (χ4v) is 3.14. The highest BCUT2D eigenvalue weighted by Gasteiger charge is 2.25. The molecule has 5 heteroatoms. The van der Waals surface area contributed by atoms with Gasteiger partial charge in [-0.05, 0) is 25.0 Å². The number of thiazole rings is 1. The zero-order valence-electron chi connectivity index (χ0n) is 11.3. The third kappa shape index (κ3) is 2.67. The normalized spacial score (nSPS) is 17.1. The predicted octanol–water partition coefficient (Wildman–Crippen LogP) is 2.67. The molecule has 104 valence electrons. The summed E-state index contributed by atoms with van der Waals surface area (Å²) in [6, 6.07) is 8.03. The van der Waals surface area contributed by atoms with Crippen LogP contribution in [0, 0.1) is 6.92 Å². The second-order valence-corrected chi connectivity index (χ2v) is 5.99. The minimum absolute atomic E-state index is 0.0628. The third-order valence-electron chi connectivity index (χ3n) is 3.51. The molecule has 4 nitrogen and oxygen atoms in total. The molecule has 1 aromatic heterocycles. The van der Waals surface area contributed by atoms with Crippen LogP contribution < -0.4 is 10.6 Å². The Morgan fingerprint density at radius 3 is 3.15 bits per heavy atom. The topological polar surface area (TPSA) is 54.0 Å². The smallest absolute Gasteiger partial charge is 0.228 e. The molecule has 2 heterocycles. The Labute approximate surface area is 122 Å². The summed E-state index contributed by atoms with van der Waals surface area (Å²) < 4.78 is 0. The molecule has 0 saturated heterocycles. The Kier molecular flexibility index (Phi) is 3.69. The Bertz CT molecular complexity index is 623. The maximum Gasteiger partial charge on any atom is 0.228 e. The molecule has 1 amide bonds. The number of hydrogen-bond donors (Lipinski definition) is 2. The number of fused-ring (bicyclic) bond motifs is 1. The van der Waals surface area contributed by atoms with Crippen LogP contribution in [-0.4, -0.2) is 17.4 Å². The van der Waals surface area contributed by atoms with E-state index < -0.39 is 0 Å². The summed E-state index contributed by atoms with van der Waals surface area (Å²) >= 11 is 1.61. The maximum absolute atomic E-state index is 12.4. The molecule has 3 rings (SSSR count). The van der Waals surface area contributed by atoms with Gasteiger partial charge in [0.25, 0.3) is 0 Å². The lowest BCUT2D eigenvalue weighted by atomic mass is 9.90. The lowest BCUT2D eigenvalue weighted by Gasteiger charge is -2.25. The fraction of sp³-hybridized carbons (Fsp3) is 0.333. The van der Waals surface area contributed by atoms with Crippen molar-refractivity contribution >= 4 is 22.9 Å². The summed E-state index contributed by atoms with van der Waals surface area (Å²) in [5, 5.41) is 9.36. The highest BCUT2D eigenvalue weighted by atomic mass is 32.1. The molecule has 1 aliphatic rings. The number of benzene rings is 1. The monoisotopic (exact) mass is 287 g/mol. The third-order valence-corrected chi connectivity index (χ3v) is 4.33. The highest BCUT2D eigenvalue weighted by Crippen LogP contribution is 2.31. The maximum atomic E-state index is 12.4. The molecule has 0 bridgehead atoms. The first-order chi connectivity index (χ1) is 9.74. The number of carbonyl (C=O) groups is 1. The first kappa shape index (κ1) is 13.1. The van der Waals surface area contributed by atoms with E-state index in [1.165, 1.54) is 0 Å². The van der Waals surface area contributed by atoms with E-state index in [2.05, 4.69) is 15.6 Å². The van der Waals surface area contributed by atoms with Gasteiger partial charge in [0.1, 0.15) is 0 Å². The molecule has 0 aliphatic carbocycles. The van der Waals surface area contributed by atoms with Crippen LogP contribution in [0.5, 0.6) is 0 Å². The highest BCUT2D eigenvalue weighted by molar-refractivity contribution is 7.09. The van der Waals surface area contributed by atoms with Crippen LogP contribution >= 0.6 is 11.3 Å². The van der Waals surface area contributed by atoms with Crippen molar-refractivity contribution in [3.8, 4) is 0 Å². The molecule has 1 aliphatic heterocycles. The van der Waals surface area contributed by atoms with Crippen molar-refractivity contribution in [2.24, 2.45) is 0 Å². The van der Waals surface area contributed by atoms with Crippen LogP contribution in [0.15, 0.2) is 29.6 Å². The van der Waals surface area contributed by atoms with Crippen molar-refractivity contribution in [3.05, 3.63) is 45.9 Å². The number of nitrogens with one attached hydrogen (secondary N) is 2. The van der Waals surface area contributed by atoms with E-state index in [9.17, 15) is 4.79 Å². The molecule has 20 heavy (non-hydrogen) atoms. The molecule has 1 unspecified atom stereocenters. The Morgan fingerprint density at radius 1 is 1.50 bits per heavy atom.